The average molecular weight is 372 g/mol. The summed E-state index contributed by atoms with van der Waals surface area (Å²) in [6, 6.07) is 7.15. The summed E-state index contributed by atoms with van der Waals surface area (Å²) in [5.74, 6) is 0.318. The van der Waals surface area contributed by atoms with Crippen molar-refractivity contribution in [3.05, 3.63) is 45.8 Å². The highest BCUT2D eigenvalue weighted by Gasteiger charge is 2.27. The van der Waals surface area contributed by atoms with Crippen molar-refractivity contribution in [2.75, 3.05) is 19.0 Å². The zero-order valence-corrected chi connectivity index (χ0v) is 16.0. The van der Waals surface area contributed by atoms with Crippen LogP contribution in [-0.4, -0.2) is 25.5 Å². The molecule has 0 saturated carbocycles. The van der Waals surface area contributed by atoms with Crippen molar-refractivity contribution in [1.29, 1.82) is 0 Å². The summed E-state index contributed by atoms with van der Waals surface area (Å²) in [7, 11) is 1.62. The summed E-state index contributed by atoms with van der Waals surface area (Å²) in [6.45, 7) is 2.75. The molecule has 26 heavy (non-hydrogen) atoms. The van der Waals surface area contributed by atoms with E-state index in [2.05, 4.69) is 17.6 Å². The van der Waals surface area contributed by atoms with E-state index in [-0.39, 0.29) is 11.8 Å². The molecule has 2 aromatic rings. The predicted molar refractivity (Wildman–Crippen MR) is 105 cm³/mol. The second-order valence-electron chi connectivity index (χ2n) is 6.32. The van der Waals surface area contributed by atoms with Gasteiger partial charge < -0.3 is 15.4 Å². The molecule has 0 aliphatic heterocycles. The van der Waals surface area contributed by atoms with E-state index in [4.69, 9.17) is 4.74 Å². The third-order valence-corrected chi connectivity index (χ3v) is 5.67. The summed E-state index contributed by atoms with van der Waals surface area (Å²) in [6.07, 6.45) is 4.97. The van der Waals surface area contributed by atoms with Crippen LogP contribution in [0.4, 0.5) is 5.00 Å². The number of ether oxygens (including phenoxy) is 1. The molecule has 2 N–H and O–H groups in total. The number of unbranched alkanes of at least 4 members (excludes halogenated alkanes) is 1. The normalized spacial score (nSPS) is 12.5. The van der Waals surface area contributed by atoms with Crippen molar-refractivity contribution in [2.24, 2.45) is 0 Å². The maximum Gasteiger partial charge on any atom is 0.256 e. The van der Waals surface area contributed by atoms with Crippen LogP contribution in [0.2, 0.25) is 0 Å². The second-order valence-corrected chi connectivity index (χ2v) is 7.43. The molecule has 0 unspecified atom stereocenters. The highest BCUT2D eigenvalue weighted by Crippen LogP contribution is 2.39. The largest absolute Gasteiger partial charge is 0.494 e. The molecule has 1 heterocycles. The van der Waals surface area contributed by atoms with Crippen molar-refractivity contribution in [2.45, 2.75) is 39.0 Å². The molecule has 1 aliphatic carbocycles. The number of hydrogen-bond donors (Lipinski definition) is 2. The minimum Gasteiger partial charge on any atom is -0.494 e. The molecule has 0 bridgehead atoms. The second kappa shape index (κ2) is 8.36. The van der Waals surface area contributed by atoms with Gasteiger partial charge in [0.2, 0.25) is 0 Å². The van der Waals surface area contributed by atoms with Crippen LogP contribution in [0, 0.1) is 0 Å². The molecule has 0 saturated heterocycles. The average Bonchev–Trinajstić information content (AvgIpc) is 3.22. The van der Waals surface area contributed by atoms with Gasteiger partial charge in [-0.1, -0.05) is 19.4 Å². The van der Waals surface area contributed by atoms with Crippen LogP contribution in [0.3, 0.4) is 0 Å². The van der Waals surface area contributed by atoms with Crippen LogP contribution < -0.4 is 15.4 Å². The number of hydrogen-bond acceptors (Lipinski definition) is 4. The Bertz CT molecular complexity index is 813. The number of carbonyl (C=O) groups excluding carboxylic acids is 2. The van der Waals surface area contributed by atoms with E-state index in [1.54, 1.807) is 19.2 Å². The first-order chi connectivity index (χ1) is 12.6. The van der Waals surface area contributed by atoms with Crippen LogP contribution in [0.25, 0.3) is 0 Å². The minimum absolute atomic E-state index is 0.142. The first-order valence-electron chi connectivity index (χ1n) is 9.04. The molecule has 2 amide bonds. The van der Waals surface area contributed by atoms with Gasteiger partial charge in [0, 0.05) is 17.5 Å². The van der Waals surface area contributed by atoms with E-state index in [0.717, 1.165) is 37.7 Å². The summed E-state index contributed by atoms with van der Waals surface area (Å²) >= 11 is 1.51. The van der Waals surface area contributed by atoms with Gasteiger partial charge >= 0.3 is 0 Å². The standard InChI is InChI=1S/C20H24N2O3S/c1-3-4-11-25-14-8-5-7-13(12-14)18(23)22-20-17(19(24)21-2)15-9-6-10-16(15)26-20/h5,7-8,12H,3-4,6,9-11H2,1-2H3,(H,21,24)(H,22,23). The lowest BCUT2D eigenvalue weighted by atomic mass is 10.1. The maximum absolute atomic E-state index is 12.7. The lowest BCUT2D eigenvalue weighted by Crippen LogP contribution is -2.21. The Morgan fingerprint density at radius 1 is 1.23 bits per heavy atom. The van der Waals surface area contributed by atoms with Gasteiger partial charge in [0.25, 0.3) is 11.8 Å². The van der Waals surface area contributed by atoms with Gasteiger partial charge in [-0.05, 0) is 49.4 Å². The maximum atomic E-state index is 12.7. The topological polar surface area (TPSA) is 67.4 Å². The molecular weight excluding hydrogens is 348 g/mol. The van der Waals surface area contributed by atoms with Gasteiger partial charge in [-0.25, -0.2) is 0 Å². The molecule has 1 aliphatic rings. The van der Waals surface area contributed by atoms with Crippen molar-refractivity contribution in [1.82, 2.24) is 5.32 Å². The Labute approximate surface area is 157 Å². The van der Waals surface area contributed by atoms with Crippen molar-refractivity contribution < 1.29 is 14.3 Å². The quantitative estimate of drug-likeness (QED) is 0.721. The molecular formula is C20H24N2O3S. The third kappa shape index (κ3) is 3.90. The van der Waals surface area contributed by atoms with Crippen LogP contribution >= 0.6 is 11.3 Å². The first-order valence-corrected chi connectivity index (χ1v) is 9.86. The van der Waals surface area contributed by atoms with Gasteiger partial charge in [-0.3, -0.25) is 9.59 Å². The van der Waals surface area contributed by atoms with Crippen molar-refractivity contribution >= 4 is 28.2 Å². The Balaban J connectivity index is 1.78. The Morgan fingerprint density at radius 2 is 2.08 bits per heavy atom. The van der Waals surface area contributed by atoms with Gasteiger partial charge in [0.1, 0.15) is 10.8 Å². The van der Waals surface area contributed by atoms with E-state index in [9.17, 15) is 9.59 Å². The zero-order valence-electron chi connectivity index (χ0n) is 15.2. The molecule has 5 nitrogen and oxygen atoms in total. The molecule has 138 valence electrons. The highest BCUT2D eigenvalue weighted by atomic mass is 32.1. The van der Waals surface area contributed by atoms with Gasteiger partial charge in [-0.2, -0.15) is 0 Å². The third-order valence-electron chi connectivity index (χ3n) is 4.47. The number of fused-ring (bicyclic) bond motifs is 1. The molecule has 0 radical (unpaired) electrons. The Morgan fingerprint density at radius 3 is 2.85 bits per heavy atom. The number of anilines is 1. The Hall–Kier alpha value is -2.34. The summed E-state index contributed by atoms with van der Waals surface area (Å²) < 4.78 is 5.68. The lowest BCUT2D eigenvalue weighted by Gasteiger charge is -2.09. The number of thiophene rings is 1. The van der Waals surface area contributed by atoms with Crippen molar-refractivity contribution in [3.63, 3.8) is 0 Å². The van der Waals surface area contributed by atoms with Gasteiger partial charge in [-0.15, -0.1) is 11.3 Å². The van der Waals surface area contributed by atoms with Crippen LogP contribution in [0.5, 0.6) is 5.75 Å². The molecule has 1 aromatic carbocycles. The van der Waals surface area contributed by atoms with Crippen molar-refractivity contribution in [3.8, 4) is 5.75 Å². The SMILES string of the molecule is CCCCOc1cccc(C(=O)Nc2sc3c(c2C(=O)NC)CCC3)c1. The zero-order chi connectivity index (χ0) is 18.5. The minimum atomic E-state index is -0.226. The van der Waals surface area contributed by atoms with Crippen LogP contribution in [-0.2, 0) is 12.8 Å². The van der Waals surface area contributed by atoms with Crippen LogP contribution in [0.15, 0.2) is 24.3 Å². The summed E-state index contributed by atoms with van der Waals surface area (Å²) in [4.78, 5) is 26.2. The van der Waals surface area contributed by atoms with Gasteiger partial charge in [0.05, 0.1) is 12.2 Å². The molecule has 6 heteroatoms. The molecule has 0 atom stereocenters. The highest BCUT2D eigenvalue weighted by molar-refractivity contribution is 7.17. The van der Waals surface area contributed by atoms with E-state index < -0.39 is 0 Å². The molecule has 0 spiro atoms. The van der Waals surface area contributed by atoms with E-state index in [0.29, 0.717) is 28.5 Å². The van der Waals surface area contributed by atoms with Gasteiger partial charge in [0.15, 0.2) is 0 Å². The number of amides is 2. The smallest absolute Gasteiger partial charge is 0.256 e. The van der Waals surface area contributed by atoms with E-state index in [1.165, 1.54) is 16.2 Å². The van der Waals surface area contributed by atoms with Crippen LogP contribution in [0.1, 0.15) is 57.3 Å². The Kier molecular flexibility index (Phi) is 5.93. The molecule has 0 fully saturated rings. The van der Waals surface area contributed by atoms with E-state index >= 15 is 0 Å². The fourth-order valence-corrected chi connectivity index (χ4v) is 4.38. The summed E-state index contributed by atoms with van der Waals surface area (Å²) in [5, 5.41) is 6.25. The fourth-order valence-electron chi connectivity index (χ4n) is 3.09. The molecule has 1 aromatic heterocycles. The summed E-state index contributed by atoms with van der Waals surface area (Å²) in [5.41, 5.74) is 2.23. The predicted octanol–water partition coefficient (Wildman–Crippen LogP) is 4.03. The number of benzene rings is 1. The van der Waals surface area contributed by atoms with E-state index in [1.807, 2.05) is 12.1 Å². The monoisotopic (exact) mass is 372 g/mol. The number of carbonyl (C=O) groups is 2. The number of aryl methyl sites for hydroxylation is 1. The number of nitrogens with one attached hydrogen (secondary N) is 2. The number of rotatable bonds is 7. The first kappa shape index (κ1) is 18.5. The lowest BCUT2D eigenvalue weighted by molar-refractivity contribution is 0.0963. The molecule has 3 rings (SSSR count). The fraction of sp³-hybridized carbons (Fsp3) is 0.400.